The summed E-state index contributed by atoms with van der Waals surface area (Å²) in [5, 5.41) is 5.66. The minimum atomic E-state index is -0.402. The molecule has 0 atom stereocenters. The molecule has 0 saturated carbocycles. The standard InChI is InChI=1S/C23H22FN3O2/c1-15-7-12-19(25-23(29)17-5-4-6-20(13-17)27(2)3)14-21(15)26-22(28)16-8-10-18(24)11-9-16/h4-14H,1-3H3,(H,25,29)(H,26,28). The number of rotatable bonds is 5. The van der Waals surface area contributed by atoms with E-state index in [0.717, 1.165) is 11.3 Å². The maximum Gasteiger partial charge on any atom is 0.255 e. The van der Waals surface area contributed by atoms with E-state index in [9.17, 15) is 14.0 Å². The number of anilines is 3. The van der Waals surface area contributed by atoms with Crippen molar-refractivity contribution in [2.45, 2.75) is 6.92 Å². The Hall–Kier alpha value is -3.67. The van der Waals surface area contributed by atoms with Gasteiger partial charge in [0, 0.05) is 42.3 Å². The lowest BCUT2D eigenvalue weighted by atomic mass is 10.1. The number of benzene rings is 3. The second kappa shape index (κ2) is 8.56. The van der Waals surface area contributed by atoms with E-state index in [0.29, 0.717) is 22.5 Å². The average molecular weight is 391 g/mol. The molecular formula is C23H22FN3O2. The first-order valence-electron chi connectivity index (χ1n) is 9.10. The van der Waals surface area contributed by atoms with Crippen LogP contribution in [0.15, 0.2) is 66.7 Å². The number of carbonyl (C=O) groups excluding carboxylic acids is 2. The first kappa shape index (κ1) is 20.1. The second-order valence-electron chi connectivity index (χ2n) is 6.89. The van der Waals surface area contributed by atoms with Crippen LogP contribution in [0, 0.1) is 12.7 Å². The quantitative estimate of drug-likeness (QED) is 0.662. The number of carbonyl (C=O) groups is 2. The Labute approximate surface area is 169 Å². The molecule has 0 aromatic heterocycles. The lowest BCUT2D eigenvalue weighted by Gasteiger charge is -2.14. The number of amides is 2. The summed E-state index contributed by atoms with van der Waals surface area (Å²) in [7, 11) is 3.82. The van der Waals surface area contributed by atoms with Gasteiger partial charge in [-0.1, -0.05) is 12.1 Å². The molecule has 0 aliphatic rings. The zero-order valence-electron chi connectivity index (χ0n) is 16.5. The normalized spacial score (nSPS) is 10.3. The first-order valence-corrected chi connectivity index (χ1v) is 9.10. The molecule has 3 rings (SSSR count). The third-order valence-electron chi connectivity index (χ3n) is 4.47. The van der Waals surface area contributed by atoms with Crippen LogP contribution in [-0.2, 0) is 0 Å². The van der Waals surface area contributed by atoms with Crippen molar-refractivity contribution in [3.05, 3.63) is 89.2 Å². The van der Waals surface area contributed by atoms with E-state index in [1.54, 1.807) is 24.3 Å². The highest BCUT2D eigenvalue weighted by Crippen LogP contribution is 2.22. The zero-order valence-corrected chi connectivity index (χ0v) is 16.5. The van der Waals surface area contributed by atoms with Gasteiger partial charge in [-0.25, -0.2) is 4.39 Å². The second-order valence-corrected chi connectivity index (χ2v) is 6.89. The lowest BCUT2D eigenvalue weighted by molar-refractivity contribution is 0.101. The maximum atomic E-state index is 13.0. The Morgan fingerprint density at radius 1 is 0.828 bits per heavy atom. The fourth-order valence-corrected chi connectivity index (χ4v) is 2.76. The van der Waals surface area contributed by atoms with Crippen LogP contribution in [0.3, 0.4) is 0 Å². The van der Waals surface area contributed by atoms with Crippen LogP contribution in [0.25, 0.3) is 0 Å². The van der Waals surface area contributed by atoms with Crippen molar-refractivity contribution in [2.24, 2.45) is 0 Å². The molecule has 0 spiro atoms. The van der Waals surface area contributed by atoms with Crippen LogP contribution >= 0.6 is 0 Å². The fourth-order valence-electron chi connectivity index (χ4n) is 2.76. The number of halogens is 1. The molecule has 0 fully saturated rings. The van der Waals surface area contributed by atoms with Crippen molar-refractivity contribution >= 4 is 28.9 Å². The van der Waals surface area contributed by atoms with Crippen molar-refractivity contribution in [1.29, 1.82) is 0 Å². The number of hydrogen-bond acceptors (Lipinski definition) is 3. The van der Waals surface area contributed by atoms with Gasteiger partial charge < -0.3 is 15.5 Å². The molecule has 2 N–H and O–H groups in total. The number of nitrogens with zero attached hydrogens (tertiary/aromatic N) is 1. The molecule has 0 bridgehead atoms. The molecule has 0 saturated heterocycles. The van der Waals surface area contributed by atoms with E-state index in [-0.39, 0.29) is 11.8 Å². The Bertz CT molecular complexity index is 1050. The Morgan fingerprint density at radius 2 is 1.52 bits per heavy atom. The molecule has 6 heteroatoms. The average Bonchev–Trinajstić information content (AvgIpc) is 2.71. The third kappa shape index (κ3) is 4.99. The van der Waals surface area contributed by atoms with E-state index in [4.69, 9.17) is 0 Å². The van der Waals surface area contributed by atoms with E-state index < -0.39 is 5.82 Å². The van der Waals surface area contributed by atoms with Crippen LogP contribution < -0.4 is 15.5 Å². The minimum absolute atomic E-state index is 0.242. The van der Waals surface area contributed by atoms with Crippen molar-refractivity contribution < 1.29 is 14.0 Å². The molecule has 2 amide bonds. The molecule has 0 radical (unpaired) electrons. The minimum Gasteiger partial charge on any atom is -0.378 e. The van der Waals surface area contributed by atoms with E-state index >= 15 is 0 Å². The highest BCUT2D eigenvalue weighted by atomic mass is 19.1. The molecule has 3 aromatic rings. The third-order valence-corrected chi connectivity index (χ3v) is 4.47. The van der Waals surface area contributed by atoms with Gasteiger partial charge in [0.2, 0.25) is 0 Å². The molecule has 0 aliphatic heterocycles. The van der Waals surface area contributed by atoms with Gasteiger partial charge in [0.1, 0.15) is 5.82 Å². The molecular weight excluding hydrogens is 369 g/mol. The summed E-state index contributed by atoms with van der Waals surface area (Å²) in [6.45, 7) is 1.85. The number of aryl methyl sites for hydroxylation is 1. The van der Waals surface area contributed by atoms with Gasteiger partial charge in [0.05, 0.1) is 0 Å². The maximum absolute atomic E-state index is 13.0. The Morgan fingerprint density at radius 3 is 2.21 bits per heavy atom. The summed E-state index contributed by atoms with van der Waals surface area (Å²) in [5.41, 5.74) is 3.78. The molecule has 0 aliphatic carbocycles. The van der Waals surface area contributed by atoms with Crippen molar-refractivity contribution in [1.82, 2.24) is 0 Å². The van der Waals surface area contributed by atoms with E-state index in [1.807, 2.05) is 44.1 Å². The van der Waals surface area contributed by atoms with E-state index in [2.05, 4.69) is 10.6 Å². The summed E-state index contributed by atoms with van der Waals surface area (Å²) in [5.74, 6) is -0.996. The topological polar surface area (TPSA) is 61.4 Å². The van der Waals surface area contributed by atoms with Crippen molar-refractivity contribution in [3.8, 4) is 0 Å². The van der Waals surface area contributed by atoms with Gasteiger partial charge in [0.15, 0.2) is 0 Å². The lowest BCUT2D eigenvalue weighted by Crippen LogP contribution is -2.15. The van der Waals surface area contributed by atoms with E-state index in [1.165, 1.54) is 24.3 Å². The predicted octanol–water partition coefficient (Wildman–Crippen LogP) is 4.70. The molecule has 3 aromatic carbocycles. The van der Waals surface area contributed by atoms with Crippen LogP contribution in [-0.4, -0.2) is 25.9 Å². The van der Waals surface area contributed by atoms with Gasteiger partial charge in [0.25, 0.3) is 11.8 Å². The van der Waals surface area contributed by atoms with Gasteiger partial charge in [-0.3, -0.25) is 9.59 Å². The smallest absolute Gasteiger partial charge is 0.255 e. The molecule has 0 heterocycles. The first-order chi connectivity index (χ1) is 13.8. The predicted molar refractivity (Wildman–Crippen MR) is 114 cm³/mol. The van der Waals surface area contributed by atoms with Crippen LogP contribution in [0.2, 0.25) is 0 Å². The SMILES string of the molecule is Cc1ccc(NC(=O)c2cccc(N(C)C)c2)cc1NC(=O)c1ccc(F)cc1. The van der Waals surface area contributed by atoms with Gasteiger partial charge in [-0.05, 0) is 67.1 Å². The largest absolute Gasteiger partial charge is 0.378 e. The summed E-state index contributed by atoms with van der Waals surface area (Å²) in [4.78, 5) is 26.9. The zero-order chi connectivity index (χ0) is 21.0. The molecule has 5 nitrogen and oxygen atoms in total. The number of hydrogen-bond donors (Lipinski definition) is 2. The Balaban J connectivity index is 1.76. The van der Waals surface area contributed by atoms with Gasteiger partial charge in [-0.2, -0.15) is 0 Å². The van der Waals surface area contributed by atoms with Crippen LogP contribution in [0.4, 0.5) is 21.5 Å². The highest BCUT2D eigenvalue weighted by Gasteiger charge is 2.11. The summed E-state index contributed by atoms with van der Waals surface area (Å²) in [6, 6.07) is 17.9. The van der Waals surface area contributed by atoms with Crippen LogP contribution in [0.5, 0.6) is 0 Å². The summed E-state index contributed by atoms with van der Waals surface area (Å²) < 4.78 is 13.0. The molecule has 148 valence electrons. The number of nitrogens with one attached hydrogen (secondary N) is 2. The monoisotopic (exact) mass is 391 g/mol. The Kier molecular flexibility index (Phi) is 5.93. The summed E-state index contributed by atoms with van der Waals surface area (Å²) >= 11 is 0. The fraction of sp³-hybridized carbons (Fsp3) is 0.130. The molecule has 0 unspecified atom stereocenters. The van der Waals surface area contributed by atoms with Crippen molar-refractivity contribution in [2.75, 3.05) is 29.6 Å². The van der Waals surface area contributed by atoms with Gasteiger partial charge in [-0.15, -0.1) is 0 Å². The van der Waals surface area contributed by atoms with Gasteiger partial charge >= 0.3 is 0 Å². The van der Waals surface area contributed by atoms with Crippen molar-refractivity contribution in [3.63, 3.8) is 0 Å². The molecule has 29 heavy (non-hydrogen) atoms. The highest BCUT2D eigenvalue weighted by molar-refractivity contribution is 6.07. The summed E-state index contributed by atoms with van der Waals surface area (Å²) in [6.07, 6.45) is 0. The van der Waals surface area contributed by atoms with Crippen LogP contribution in [0.1, 0.15) is 26.3 Å².